The van der Waals surface area contributed by atoms with Crippen LogP contribution in [0.15, 0.2) is 30.6 Å². The first-order valence-electron chi connectivity index (χ1n) is 5.34. The van der Waals surface area contributed by atoms with Crippen molar-refractivity contribution in [3.8, 4) is 0 Å². The molecule has 0 aliphatic rings. The largest absolute Gasteiger partial charge is 0.392 e. The Morgan fingerprint density at radius 2 is 2.07 bits per heavy atom. The smallest absolute Gasteiger partial charge is 0.245 e. The van der Waals surface area contributed by atoms with Gasteiger partial charge in [-0.25, -0.2) is 9.13 Å². The molecule has 1 heterocycles. The molecule has 0 amide bonds. The predicted molar refractivity (Wildman–Crippen MR) is 59.6 cm³/mol. The number of fused-ring (bicyclic) bond motifs is 1. The van der Waals surface area contributed by atoms with Crippen molar-refractivity contribution in [2.45, 2.75) is 26.4 Å². The molecular weight excluding hydrogens is 188 g/mol. The summed E-state index contributed by atoms with van der Waals surface area (Å²) in [5.41, 5.74) is 2.40. The Balaban J connectivity index is 2.62. The Bertz CT molecular complexity index is 460. The van der Waals surface area contributed by atoms with Crippen LogP contribution in [-0.2, 0) is 6.54 Å². The standard InChI is InChI=1S/C12H17N2O/c1-10(2)14-9-13(7-8-15)11-5-3-4-6-12(11)14/h3-6,9-10,15H,7-8H2,1-2H3/q+1. The van der Waals surface area contributed by atoms with Gasteiger partial charge in [-0.05, 0) is 26.0 Å². The van der Waals surface area contributed by atoms with Crippen molar-refractivity contribution in [1.29, 1.82) is 0 Å². The van der Waals surface area contributed by atoms with Gasteiger partial charge in [-0.2, -0.15) is 0 Å². The van der Waals surface area contributed by atoms with E-state index in [0.29, 0.717) is 12.6 Å². The molecular formula is C12H17N2O+. The Morgan fingerprint density at radius 1 is 1.33 bits per heavy atom. The van der Waals surface area contributed by atoms with E-state index in [0.717, 1.165) is 0 Å². The van der Waals surface area contributed by atoms with E-state index in [2.05, 4.69) is 41.4 Å². The summed E-state index contributed by atoms with van der Waals surface area (Å²) >= 11 is 0. The van der Waals surface area contributed by atoms with Gasteiger partial charge in [0.25, 0.3) is 0 Å². The second-order valence-electron chi connectivity index (χ2n) is 4.02. The molecule has 2 rings (SSSR count). The summed E-state index contributed by atoms with van der Waals surface area (Å²) in [4.78, 5) is 0. The molecule has 3 nitrogen and oxygen atoms in total. The topological polar surface area (TPSA) is 29.0 Å². The van der Waals surface area contributed by atoms with Crippen LogP contribution in [0.1, 0.15) is 19.9 Å². The molecule has 0 fully saturated rings. The Morgan fingerprint density at radius 3 is 2.73 bits per heavy atom. The summed E-state index contributed by atoms with van der Waals surface area (Å²) in [5.74, 6) is 0. The molecule has 0 atom stereocenters. The van der Waals surface area contributed by atoms with E-state index >= 15 is 0 Å². The number of hydrogen-bond donors (Lipinski definition) is 1. The van der Waals surface area contributed by atoms with Gasteiger partial charge >= 0.3 is 0 Å². The number of hydrogen-bond acceptors (Lipinski definition) is 1. The summed E-state index contributed by atoms with van der Waals surface area (Å²) in [5, 5.41) is 9.00. The monoisotopic (exact) mass is 205 g/mol. The van der Waals surface area contributed by atoms with E-state index in [1.807, 2.05) is 12.1 Å². The summed E-state index contributed by atoms with van der Waals surface area (Å²) in [7, 11) is 0. The van der Waals surface area contributed by atoms with Gasteiger partial charge in [-0.15, -0.1) is 0 Å². The molecule has 1 aromatic heterocycles. The van der Waals surface area contributed by atoms with E-state index in [1.54, 1.807) is 0 Å². The molecule has 0 unspecified atom stereocenters. The maximum absolute atomic E-state index is 9.00. The van der Waals surface area contributed by atoms with Crippen molar-refractivity contribution in [1.82, 2.24) is 4.57 Å². The zero-order valence-electron chi connectivity index (χ0n) is 9.22. The molecule has 2 aromatic rings. The lowest BCUT2D eigenvalue weighted by molar-refractivity contribution is -0.673. The molecule has 3 heteroatoms. The molecule has 0 saturated heterocycles. The fourth-order valence-corrected chi connectivity index (χ4v) is 1.90. The van der Waals surface area contributed by atoms with E-state index in [4.69, 9.17) is 5.11 Å². The van der Waals surface area contributed by atoms with Crippen molar-refractivity contribution in [3.63, 3.8) is 0 Å². The van der Waals surface area contributed by atoms with Crippen molar-refractivity contribution in [3.05, 3.63) is 30.6 Å². The van der Waals surface area contributed by atoms with Gasteiger partial charge in [0.1, 0.15) is 6.54 Å². The summed E-state index contributed by atoms with van der Waals surface area (Å²) < 4.78 is 4.32. The fraction of sp³-hybridized carbons (Fsp3) is 0.417. The van der Waals surface area contributed by atoms with Crippen LogP contribution in [0.5, 0.6) is 0 Å². The Labute approximate surface area is 89.6 Å². The lowest BCUT2D eigenvalue weighted by Gasteiger charge is -1.99. The van der Waals surface area contributed by atoms with Crippen LogP contribution in [0.3, 0.4) is 0 Å². The first kappa shape index (κ1) is 10.2. The molecule has 1 N–H and O–H groups in total. The number of aliphatic hydroxyl groups excluding tert-OH is 1. The highest BCUT2D eigenvalue weighted by Crippen LogP contribution is 2.15. The third-order valence-corrected chi connectivity index (χ3v) is 2.63. The van der Waals surface area contributed by atoms with Crippen molar-refractivity contribution >= 4 is 11.0 Å². The third kappa shape index (κ3) is 1.75. The van der Waals surface area contributed by atoms with Crippen molar-refractivity contribution < 1.29 is 9.67 Å². The minimum atomic E-state index is 0.177. The minimum absolute atomic E-state index is 0.177. The highest BCUT2D eigenvalue weighted by atomic mass is 16.3. The molecule has 80 valence electrons. The SMILES string of the molecule is CC(C)n1c[n+](CCO)c2ccccc21. The van der Waals surface area contributed by atoms with Crippen molar-refractivity contribution in [2.24, 2.45) is 0 Å². The quantitative estimate of drug-likeness (QED) is 0.756. The second kappa shape index (κ2) is 4.03. The minimum Gasteiger partial charge on any atom is -0.392 e. The second-order valence-corrected chi connectivity index (χ2v) is 4.02. The van der Waals surface area contributed by atoms with Crippen LogP contribution in [0.4, 0.5) is 0 Å². The Kier molecular flexibility index (Phi) is 2.73. The molecule has 1 aromatic carbocycles. The molecule has 0 spiro atoms. The molecule has 15 heavy (non-hydrogen) atoms. The van der Waals surface area contributed by atoms with Gasteiger partial charge < -0.3 is 5.11 Å². The highest BCUT2D eigenvalue weighted by Gasteiger charge is 2.16. The summed E-state index contributed by atoms with van der Waals surface area (Å²) in [6, 6.07) is 8.72. The lowest BCUT2D eigenvalue weighted by atomic mass is 10.3. The number of rotatable bonds is 3. The van der Waals surface area contributed by atoms with Crippen LogP contribution < -0.4 is 4.57 Å². The normalized spacial score (nSPS) is 11.5. The van der Waals surface area contributed by atoms with E-state index in [-0.39, 0.29) is 6.61 Å². The molecule has 0 aliphatic carbocycles. The Hall–Kier alpha value is -1.35. The van der Waals surface area contributed by atoms with Crippen LogP contribution in [0, 0.1) is 0 Å². The molecule has 0 saturated carbocycles. The van der Waals surface area contributed by atoms with Crippen LogP contribution in [-0.4, -0.2) is 16.3 Å². The number of nitrogens with zero attached hydrogens (tertiary/aromatic N) is 2. The number of aromatic nitrogens is 2. The van der Waals surface area contributed by atoms with Gasteiger partial charge in [-0.1, -0.05) is 12.1 Å². The first-order chi connectivity index (χ1) is 7.24. The predicted octanol–water partition coefficient (Wildman–Crippen LogP) is 1.50. The van der Waals surface area contributed by atoms with E-state index in [1.165, 1.54) is 11.0 Å². The van der Waals surface area contributed by atoms with Crippen molar-refractivity contribution in [2.75, 3.05) is 6.61 Å². The number of para-hydroxylation sites is 2. The summed E-state index contributed by atoms with van der Waals surface area (Å²) in [6.07, 6.45) is 2.07. The number of imidazole rings is 1. The third-order valence-electron chi connectivity index (χ3n) is 2.63. The van der Waals surface area contributed by atoms with Crippen LogP contribution >= 0.6 is 0 Å². The van der Waals surface area contributed by atoms with Gasteiger partial charge in [0.2, 0.25) is 6.33 Å². The van der Waals surface area contributed by atoms with E-state index in [9.17, 15) is 0 Å². The lowest BCUT2D eigenvalue weighted by Crippen LogP contribution is -2.34. The number of benzene rings is 1. The van der Waals surface area contributed by atoms with Crippen LogP contribution in [0.2, 0.25) is 0 Å². The zero-order valence-corrected chi connectivity index (χ0v) is 9.22. The van der Waals surface area contributed by atoms with Gasteiger partial charge in [0.15, 0.2) is 11.0 Å². The average Bonchev–Trinajstić information content (AvgIpc) is 2.59. The van der Waals surface area contributed by atoms with Crippen LogP contribution in [0.25, 0.3) is 11.0 Å². The number of aliphatic hydroxyl groups is 1. The van der Waals surface area contributed by atoms with Gasteiger partial charge in [-0.3, -0.25) is 0 Å². The fourth-order valence-electron chi connectivity index (χ4n) is 1.90. The van der Waals surface area contributed by atoms with Gasteiger partial charge in [0, 0.05) is 0 Å². The maximum Gasteiger partial charge on any atom is 0.245 e. The van der Waals surface area contributed by atoms with Gasteiger partial charge in [0.05, 0.1) is 12.6 Å². The highest BCUT2D eigenvalue weighted by molar-refractivity contribution is 5.71. The first-order valence-corrected chi connectivity index (χ1v) is 5.34. The average molecular weight is 205 g/mol. The molecule has 0 radical (unpaired) electrons. The maximum atomic E-state index is 9.00. The zero-order chi connectivity index (χ0) is 10.8. The van der Waals surface area contributed by atoms with E-state index < -0.39 is 0 Å². The summed E-state index contributed by atoms with van der Waals surface area (Å²) in [6.45, 7) is 5.16. The molecule has 0 bridgehead atoms. The molecule has 0 aliphatic heterocycles.